The van der Waals surface area contributed by atoms with Gasteiger partial charge in [0.05, 0.1) is 0 Å². The normalized spacial score (nSPS) is 19.3. The fourth-order valence-electron chi connectivity index (χ4n) is 12.8. The number of anilines is 6. The summed E-state index contributed by atoms with van der Waals surface area (Å²) in [6, 6.07) is 38.6. The van der Waals surface area contributed by atoms with Crippen LogP contribution in [0.5, 0.6) is 0 Å². The molecule has 0 bridgehead atoms. The maximum Gasteiger partial charge on any atom is 0.137 e. The molecule has 10 rings (SSSR count). The standard InChI is InChI=1S/C67H82N2O/c1-41-31-47(68(45-21-19-44(20-22-45)61(4,5)6)57-38-54-51(33-42(57)2)62(7,8)25-28-65(54,13)14)35-48(32-41)69(58-39-55-52(34-43(58)3)63(9,10)26-29-66(55,15)16)46-23-24-49-50-37-53-56(40-60(50)70-59(49)36-46)67(17,18)30-27-64(53,11)12/h19-24,31-40H,25-30H2,1-18H3. The van der Waals surface area contributed by atoms with Crippen LogP contribution in [0.4, 0.5) is 34.1 Å². The van der Waals surface area contributed by atoms with E-state index in [0.717, 1.165) is 34.6 Å². The SMILES string of the molecule is Cc1cc(N(c2ccc(C(C)(C)C)cc2)c2cc3c(cc2C)C(C)(C)CCC3(C)C)cc(N(c2ccc3c(c2)oc2cc4c(cc23)C(C)(C)CCC4(C)C)c2cc3c(cc2C)C(C)(C)CCC3(C)C)c1. The summed E-state index contributed by atoms with van der Waals surface area (Å²) in [5, 5.41) is 2.39. The number of hydrogen-bond donors (Lipinski definition) is 0. The van der Waals surface area contributed by atoms with Crippen LogP contribution in [-0.2, 0) is 37.9 Å². The second kappa shape index (κ2) is 15.9. The van der Waals surface area contributed by atoms with E-state index in [2.05, 4.69) is 231 Å². The third kappa shape index (κ3) is 8.01. The molecule has 0 spiro atoms. The minimum Gasteiger partial charge on any atom is -0.456 e. The van der Waals surface area contributed by atoms with Gasteiger partial charge < -0.3 is 14.2 Å². The predicted octanol–water partition coefficient (Wildman–Crippen LogP) is 19.8. The molecule has 0 radical (unpaired) electrons. The molecule has 0 fully saturated rings. The monoisotopic (exact) mass is 931 g/mol. The lowest BCUT2D eigenvalue weighted by Gasteiger charge is -2.43. The van der Waals surface area contributed by atoms with Gasteiger partial charge in [0.2, 0.25) is 0 Å². The van der Waals surface area contributed by atoms with Gasteiger partial charge in [-0.25, -0.2) is 0 Å². The van der Waals surface area contributed by atoms with Crippen LogP contribution in [0.2, 0.25) is 0 Å². The maximum atomic E-state index is 7.01. The lowest BCUT2D eigenvalue weighted by Crippen LogP contribution is -2.34. The quantitative estimate of drug-likeness (QED) is 0.166. The number of aryl methyl sites for hydroxylation is 3. The summed E-state index contributed by atoms with van der Waals surface area (Å²) in [5.41, 5.74) is 23.4. The Bertz CT molecular complexity index is 3230. The Kier molecular flexibility index (Phi) is 11.0. The summed E-state index contributed by atoms with van der Waals surface area (Å²) < 4.78 is 7.01. The smallest absolute Gasteiger partial charge is 0.137 e. The molecule has 70 heavy (non-hydrogen) atoms. The molecule has 1 heterocycles. The van der Waals surface area contributed by atoms with E-state index in [1.165, 1.54) is 116 Å². The third-order valence-electron chi connectivity index (χ3n) is 18.1. The second-order valence-electron chi connectivity index (χ2n) is 27.3. The molecule has 3 nitrogen and oxygen atoms in total. The van der Waals surface area contributed by atoms with E-state index in [1.54, 1.807) is 0 Å². The van der Waals surface area contributed by atoms with Gasteiger partial charge in [0, 0.05) is 51.0 Å². The van der Waals surface area contributed by atoms with Gasteiger partial charge in [-0.3, -0.25) is 0 Å². The van der Waals surface area contributed by atoms with Crippen molar-refractivity contribution in [3.63, 3.8) is 0 Å². The lowest BCUT2D eigenvalue weighted by molar-refractivity contribution is 0.332. The molecular formula is C67H82N2O. The topological polar surface area (TPSA) is 19.6 Å². The number of rotatable bonds is 6. The van der Waals surface area contributed by atoms with Crippen LogP contribution in [0.15, 0.2) is 101 Å². The van der Waals surface area contributed by atoms with E-state index in [4.69, 9.17) is 4.42 Å². The zero-order valence-electron chi connectivity index (χ0n) is 46.3. The summed E-state index contributed by atoms with van der Waals surface area (Å²) in [5.74, 6) is 0. The fraction of sp³-hybridized carbons (Fsp3) is 0.463. The van der Waals surface area contributed by atoms with Gasteiger partial charge in [0.1, 0.15) is 11.2 Å². The Balaban J connectivity index is 1.22. The van der Waals surface area contributed by atoms with Gasteiger partial charge >= 0.3 is 0 Å². The van der Waals surface area contributed by atoms with Crippen molar-refractivity contribution < 1.29 is 4.42 Å². The van der Waals surface area contributed by atoms with Crippen LogP contribution in [0.3, 0.4) is 0 Å². The molecule has 3 heteroatoms. The van der Waals surface area contributed by atoms with E-state index in [9.17, 15) is 0 Å². The summed E-state index contributed by atoms with van der Waals surface area (Å²) in [7, 11) is 0. The Morgan fingerprint density at radius 3 is 1.19 bits per heavy atom. The van der Waals surface area contributed by atoms with Crippen molar-refractivity contribution in [3.8, 4) is 0 Å². The van der Waals surface area contributed by atoms with Crippen LogP contribution in [0.25, 0.3) is 21.9 Å². The Labute approximate surface area is 422 Å². The van der Waals surface area contributed by atoms with Gasteiger partial charge in [0.15, 0.2) is 0 Å². The largest absolute Gasteiger partial charge is 0.456 e. The third-order valence-corrected chi connectivity index (χ3v) is 18.1. The van der Waals surface area contributed by atoms with Crippen LogP contribution in [-0.4, -0.2) is 0 Å². The summed E-state index contributed by atoms with van der Waals surface area (Å²) in [6.45, 7) is 43.0. The molecule has 3 aliphatic rings. The molecule has 0 saturated carbocycles. The molecule has 366 valence electrons. The molecule has 3 aliphatic carbocycles. The van der Waals surface area contributed by atoms with Gasteiger partial charge in [-0.05, 0) is 220 Å². The van der Waals surface area contributed by atoms with Crippen LogP contribution in [0, 0.1) is 20.8 Å². The minimum atomic E-state index is 0.0434. The molecule has 0 unspecified atom stereocenters. The molecule has 0 atom stereocenters. The van der Waals surface area contributed by atoms with Gasteiger partial charge in [-0.15, -0.1) is 0 Å². The first kappa shape index (κ1) is 48.4. The fourth-order valence-corrected chi connectivity index (χ4v) is 12.8. The highest BCUT2D eigenvalue weighted by molar-refractivity contribution is 6.07. The number of fused-ring (bicyclic) bond motifs is 6. The highest BCUT2D eigenvalue weighted by atomic mass is 16.3. The summed E-state index contributed by atoms with van der Waals surface area (Å²) in [6.07, 6.45) is 7.05. The van der Waals surface area contributed by atoms with Crippen LogP contribution >= 0.6 is 0 Å². The van der Waals surface area contributed by atoms with E-state index in [0.29, 0.717) is 0 Å². The Morgan fingerprint density at radius 1 is 0.371 bits per heavy atom. The van der Waals surface area contributed by atoms with E-state index < -0.39 is 0 Å². The first-order valence-electron chi connectivity index (χ1n) is 26.6. The number of hydrogen-bond acceptors (Lipinski definition) is 3. The van der Waals surface area contributed by atoms with Crippen molar-refractivity contribution in [3.05, 3.63) is 153 Å². The van der Waals surface area contributed by atoms with Gasteiger partial charge in [-0.2, -0.15) is 0 Å². The molecular weight excluding hydrogens is 849 g/mol. The van der Waals surface area contributed by atoms with Crippen LogP contribution < -0.4 is 9.80 Å². The zero-order valence-corrected chi connectivity index (χ0v) is 46.3. The Hall–Kier alpha value is -5.28. The molecule has 0 saturated heterocycles. The van der Waals surface area contributed by atoms with Crippen LogP contribution in [0.1, 0.15) is 198 Å². The Morgan fingerprint density at radius 2 is 0.743 bits per heavy atom. The first-order chi connectivity index (χ1) is 32.5. The average Bonchev–Trinajstić information content (AvgIpc) is 3.63. The van der Waals surface area contributed by atoms with Crippen molar-refractivity contribution in [1.29, 1.82) is 0 Å². The number of benzene rings is 6. The highest BCUT2D eigenvalue weighted by Crippen LogP contribution is 2.54. The van der Waals surface area contributed by atoms with Crippen molar-refractivity contribution >= 4 is 56.1 Å². The van der Waals surface area contributed by atoms with E-state index >= 15 is 0 Å². The van der Waals surface area contributed by atoms with Gasteiger partial charge in [-0.1, -0.05) is 128 Å². The number of furan rings is 1. The lowest BCUT2D eigenvalue weighted by atomic mass is 9.63. The van der Waals surface area contributed by atoms with Gasteiger partial charge in [0.25, 0.3) is 0 Å². The molecule has 0 amide bonds. The van der Waals surface area contributed by atoms with Crippen molar-refractivity contribution in [2.45, 2.75) is 201 Å². The molecule has 7 aromatic rings. The average molecular weight is 931 g/mol. The maximum absolute atomic E-state index is 7.01. The second-order valence-corrected chi connectivity index (χ2v) is 27.3. The molecule has 0 aliphatic heterocycles. The predicted molar refractivity (Wildman–Crippen MR) is 302 cm³/mol. The van der Waals surface area contributed by atoms with Crippen molar-refractivity contribution in [1.82, 2.24) is 0 Å². The summed E-state index contributed by atoms with van der Waals surface area (Å²) >= 11 is 0. The summed E-state index contributed by atoms with van der Waals surface area (Å²) in [4.78, 5) is 5.09. The molecule has 6 aromatic carbocycles. The minimum absolute atomic E-state index is 0.0434. The highest BCUT2D eigenvalue weighted by Gasteiger charge is 2.41. The van der Waals surface area contributed by atoms with E-state index in [1.807, 2.05) is 0 Å². The van der Waals surface area contributed by atoms with Crippen molar-refractivity contribution in [2.24, 2.45) is 0 Å². The van der Waals surface area contributed by atoms with E-state index in [-0.39, 0.29) is 37.9 Å². The van der Waals surface area contributed by atoms with Crippen molar-refractivity contribution in [2.75, 3.05) is 9.80 Å². The number of nitrogens with zero attached hydrogens (tertiary/aromatic N) is 2. The first-order valence-corrected chi connectivity index (χ1v) is 26.6. The molecule has 1 aromatic heterocycles. The zero-order chi connectivity index (χ0) is 50.5. The molecule has 0 N–H and O–H groups in total.